The number of phenolic OH excluding ortho intramolecular Hbond substituents is 1. The van der Waals surface area contributed by atoms with Gasteiger partial charge in [-0.25, -0.2) is 18.6 Å². The Balaban J connectivity index is 0.000000603. The Hall–Kier alpha value is -4.12. The minimum atomic E-state index is -0.747. The maximum absolute atomic E-state index is 13.5. The summed E-state index contributed by atoms with van der Waals surface area (Å²) in [5, 5.41) is 19.6. The average molecular weight is 584 g/mol. The van der Waals surface area contributed by atoms with E-state index < -0.39 is 11.6 Å². The van der Waals surface area contributed by atoms with Gasteiger partial charge in [-0.1, -0.05) is 31.9 Å². The van der Waals surface area contributed by atoms with E-state index in [0.717, 1.165) is 37.3 Å². The Labute approximate surface area is 244 Å². The van der Waals surface area contributed by atoms with Crippen LogP contribution in [0.2, 0.25) is 0 Å². The standard InChI is InChI=1S/C26H30F2N4O3.C5H9NO/c1-3-4-7-21(32(2)26(35)30-16-18-6-5-8-22(28)25(18)34)11-12-24(33)31-23-14-19-13-20(27)10-9-17(19)15-29-23;1-4(7)5-2-3-6-5/h5-6,8-10,13-15,21,34H,3-4,7,11-12,16H2,1-2H3,(H,30,35)(H,29,31,33);5-6H,2-3H2,1H3/t;5-/m.0/s1. The lowest BCUT2D eigenvalue weighted by molar-refractivity contribution is -0.120. The number of benzene rings is 2. The van der Waals surface area contributed by atoms with E-state index >= 15 is 0 Å². The number of halogens is 2. The van der Waals surface area contributed by atoms with Crippen molar-refractivity contribution in [2.24, 2.45) is 0 Å². The highest BCUT2D eigenvalue weighted by Gasteiger charge is 2.21. The predicted octanol–water partition coefficient (Wildman–Crippen LogP) is 5.28. The summed E-state index contributed by atoms with van der Waals surface area (Å²) in [4.78, 5) is 41.4. The first-order valence-electron chi connectivity index (χ1n) is 14.1. The van der Waals surface area contributed by atoms with Gasteiger partial charge < -0.3 is 26.0 Å². The van der Waals surface area contributed by atoms with Gasteiger partial charge in [-0.05, 0) is 68.4 Å². The lowest BCUT2D eigenvalue weighted by Gasteiger charge is -2.28. The molecule has 9 nitrogen and oxygen atoms in total. The van der Waals surface area contributed by atoms with Crippen LogP contribution in [0.15, 0.2) is 48.7 Å². The van der Waals surface area contributed by atoms with E-state index in [2.05, 4.69) is 20.9 Å². The lowest BCUT2D eigenvalue weighted by Crippen LogP contribution is -2.47. The maximum atomic E-state index is 13.5. The summed E-state index contributed by atoms with van der Waals surface area (Å²) in [6, 6.07) is 9.73. The number of hydrogen-bond donors (Lipinski definition) is 4. The molecule has 1 aliphatic heterocycles. The number of nitrogens with zero attached hydrogens (tertiary/aromatic N) is 2. The third kappa shape index (κ3) is 9.47. The normalized spacial score (nSPS) is 14.6. The van der Waals surface area contributed by atoms with Gasteiger partial charge in [-0.2, -0.15) is 0 Å². The number of carbonyl (C=O) groups is 3. The Kier molecular flexibility index (Phi) is 12.2. The monoisotopic (exact) mass is 583 g/mol. The first kappa shape index (κ1) is 32.4. The van der Waals surface area contributed by atoms with Crippen LogP contribution >= 0.6 is 0 Å². The third-order valence-electron chi connectivity index (χ3n) is 7.23. The van der Waals surface area contributed by atoms with Crippen molar-refractivity contribution in [3.8, 4) is 5.75 Å². The molecule has 1 unspecified atom stereocenters. The van der Waals surface area contributed by atoms with Crippen molar-refractivity contribution >= 4 is 34.3 Å². The minimum Gasteiger partial charge on any atom is -0.505 e. The number of carbonyl (C=O) groups excluding carboxylic acids is 3. The van der Waals surface area contributed by atoms with Crippen LogP contribution in [0.1, 0.15) is 57.9 Å². The molecule has 0 spiro atoms. The lowest BCUT2D eigenvalue weighted by atomic mass is 10.0. The molecule has 0 aliphatic carbocycles. The van der Waals surface area contributed by atoms with E-state index in [1.165, 1.54) is 29.2 Å². The van der Waals surface area contributed by atoms with Gasteiger partial charge in [-0.15, -0.1) is 0 Å². The highest BCUT2D eigenvalue weighted by molar-refractivity contribution is 5.92. The molecule has 0 saturated carbocycles. The molecule has 1 aliphatic rings. The summed E-state index contributed by atoms with van der Waals surface area (Å²) in [7, 11) is 1.65. The van der Waals surface area contributed by atoms with Crippen LogP contribution in [0.4, 0.5) is 19.4 Å². The molecular formula is C31H39F2N5O4. The Morgan fingerprint density at radius 2 is 1.90 bits per heavy atom. The number of amides is 3. The molecule has 226 valence electrons. The van der Waals surface area contributed by atoms with Crippen LogP contribution in [-0.2, 0) is 16.1 Å². The summed E-state index contributed by atoms with van der Waals surface area (Å²) < 4.78 is 27.0. The van der Waals surface area contributed by atoms with Crippen LogP contribution in [0, 0.1) is 11.6 Å². The Morgan fingerprint density at radius 3 is 2.55 bits per heavy atom. The van der Waals surface area contributed by atoms with Gasteiger partial charge in [0.2, 0.25) is 5.91 Å². The molecule has 3 aromatic rings. The number of urea groups is 1. The topological polar surface area (TPSA) is 124 Å². The number of para-hydroxylation sites is 1. The number of anilines is 1. The minimum absolute atomic E-state index is 0.0258. The molecule has 2 aromatic carbocycles. The van der Waals surface area contributed by atoms with Crippen LogP contribution < -0.4 is 16.0 Å². The highest BCUT2D eigenvalue weighted by atomic mass is 19.1. The van der Waals surface area contributed by atoms with E-state index in [1.54, 1.807) is 32.3 Å². The number of hydrogen-bond acceptors (Lipinski definition) is 6. The van der Waals surface area contributed by atoms with E-state index in [4.69, 9.17) is 0 Å². The number of nitrogens with one attached hydrogen (secondary N) is 3. The van der Waals surface area contributed by atoms with Crippen LogP contribution in [0.5, 0.6) is 5.75 Å². The Bertz CT molecular complexity index is 1380. The fourth-order valence-electron chi connectivity index (χ4n) is 4.45. The number of unbranched alkanes of at least 4 members (excludes halogenated alkanes) is 1. The van der Waals surface area contributed by atoms with E-state index in [9.17, 15) is 28.3 Å². The zero-order valence-corrected chi connectivity index (χ0v) is 24.3. The van der Waals surface area contributed by atoms with Gasteiger partial charge in [-0.3, -0.25) is 9.59 Å². The van der Waals surface area contributed by atoms with Crippen molar-refractivity contribution in [1.82, 2.24) is 20.5 Å². The first-order valence-corrected chi connectivity index (χ1v) is 14.1. The molecule has 3 amide bonds. The molecular weight excluding hydrogens is 544 g/mol. The number of ketones is 1. The van der Waals surface area contributed by atoms with Crippen LogP contribution in [-0.4, -0.2) is 58.4 Å². The van der Waals surface area contributed by atoms with Crippen LogP contribution in [0.25, 0.3) is 10.8 Å². The zero-order chi connectivity index (χ0) is 30.6. The van der Waals surface area contributed by atoms with Gasteiger partial charge >= 0.3 is 6.03 Å². The average Bonchev–Trinajstić information content (AvgIpc) is 2.92. The SMILES string of the molecule is CC(=O)[C@@H]1CCN1.CCCCC(CCC(=O)Nc1cc2cc(F)ccc2cn1)N(C)C(=O)NCc1cccc(F)c1O. The number of Topliss-reactive ketones (excluding diaryl/α,β-unsaturated/α-hetero) is 1. The van der Waals surface area contributed by atoms with Crippen molar-refractivity contribution in [2.45, 2.75) is 71.0 Å². The molecule has 0 radical (unpaired) electrons. The molecule has 4 rings (SSSR count). The molecule has 42 heavy (non-hydrogen) atoms. The van der Waals surface area contributed by atoms with E-state index in [0.29, 0.717) is 24.0 Å². The molecule has 0 bridgehead atoms. The summed E-state index contributed by atoms with van der Waals surface area (Å²) >= 11 is 0. The molecule has 1 saturated heterocycles. The molecule has 1 fully saturated rings. The van der Waals surface area contributed by atoms with Crippen molar-refractivity contribution in [3.05, 3.63) is 65.9 Å². The van der Waals surface area contributed by atoms with Crippen LogP contribution in [0.3, 0.4) is 0 Å². The summed E-state index contributed by atoms with van der Waals surface area (Å²) in [5.41, 5.74) is 0.277. The molecule has 4 N–H and O–H groups in total. The number of fused-ring (bicyclic) bond motifs is 1. The van der Waals surface area contributed by atoms with Gasteiger partial charge in [0.05, 0.1) is 6.04 Å². The van der Waals surface area contributed by atoms with Crippen molar-refractivity contribution in [3.63, 3.8) is 0 Å². The molecule has 1 aromatic heterocycles. The smallest absolute Gasteiger partial charge is 0.317 e. The van der Waals surface area contributed by atoms with Gasteiger partial charge in [0.15, 0.2) is 11.6 Å². The van der Waals surface area contributed by atoms with Crippen molar-refractivity contribution < 1.29 is 28.3 Å². The van der Waals surface area contributed by atoms with Crippen molar-refractivity contribution in [2.75, 3.05) is 18.9 Å². The quantitative estimate of drug-likeness (QED) is 0.244. The van der Waals surface area contributed by atoms with Gasteiger partial charge in [0.1, 0.15) is 17.4 Å². The third-order valence-corrected chi connectivity index (χ3v) is 7.23. The molecule has 11 heteroatoms. The van der Waals surface area contributed by atoms with E-state index in [1.807, 2.05) is 6.92 Å². The predicted molar refractivity (Wildman–Crippen MR) is 158 cm³/mol. The van der Waals surface area contributed by atoms with Gasteiger partial charge in [0.25, 0.3) is 0 Å². The summed E-state index contributed by atoms with van der Waals surface area (Å²) in [6.45, 7) is 4.66. The second-order valence-corrected chi connectivity index (χ2v) is 10.4. The van der Waals surface area contributed by atoms with Gasteiger partial charge in [0, 0.05) is 43.2 Å². The number of pyridine rings is 1. The molecule has 2 heterocycles. The fraction of sp³-hybridized carbons (Fsp3) is 0.419. The van der Waals surface area contributed by atoms with E-state index in [-0.39, 0.29) is 54.2 Å². The summed E-state index contributed by atoms with van der Waals surface area (Å²) in [6.07, 6.45) is 5.74. The second kappa shape index (κ2) is 15.8. The zero-order valence-electron chi connectivity index (χ0n) is 24.3. The second-order valence-electron chi connectivity index (χ2n) is 10.4. The van der Waals surface area contributed by atoms with Crippen molar-refractivity contribution in [1.29, 1.82) is 0 Å². The summed E-state index contributed by atoms with van der Waals surface area (Å²) in [5.74, 6) is -1.25. The highest BCUT2D eigenvalue weighted by Crippen LogP contribution is 2.21. The number of aromatic nitrogens is 1. The number of phenols is 1. The Morgan fingerprint density at radius 1 is 1.14 bits per heavy atom. The first-order chi connectivity index (χ1) is 20.1. The molecule has 2 atom stereocenters. The number of aromatic hydroxyl groups is 1. The fourth-order valence-corrected chi connectivity index (χ4v) is 4.45. The largest absolute Gasteiger partial charge is 0.505 e. The maximum Gasteiger partial charge on any atom is 0.317 e. The number of rotatable bonds is 11.